The molecule has 0 saturated heterocycles. The molecule has 0 bridgehead atoms. The molecule has 0 saturated carbocycles. The molecule has 0 heterocycles. The van der Waals surface area contributed by atoms with E-state index in [0.717, 1.165) is 19.6 Å². The van der Waals surface area contributed by atoms with E-state index in [1.165, 1.54) is 25.7 Å². The van der Waals surface area contributed by atoms with E-state index in [0.29, 0.717) is 0 Å². The number of hydrogen-bond donors (Lipinski definition) is 1. The van der Waals surface area contributed by atoms with Gasteiger partial charge in [-0.1, -0.05) is 19.8 Å². The van der Waals surface area contributed by atoms with Gasteiger partial charge in [0.1, 0.15) is 0 Å². The summed E-state index contributed by atoms with van der Waals surface area (Å²) in [6, 6.07) is 0. The summed E-state index contributed by atoms with van der Waals surface area (Å²) < 4.78 is 5.82. The monoisotopic (exact) mass is 243 g/mol. The molecule has 0 aliphatic heterocycles. The van der Waals surface area contributed by atoms with Crippen molar-refractivity contribution < 1.29 is 4.74 Å². The van der Waals surface area contributed by atoms with E-state index < -0.39 is 0 Å². The molecule has 0 aliphatic carbocycles. The van der Waals surface area contributed by atoms with Gasteiger partial charge in [-0.15, -0.1) is 0 Å². The Kier molecular flexibility index (Phi) is 8.06. The molecule has 0 aromatic heterocycles. The van der Waals surface area contributed by atoms with Crippen molar-refractivity contribution in [1.29, 1.82) is 0 Å². The molecule has 2 heteroatoms. The highest BCUT2D eigenvalue weighted by Crippen LogP contribution is 2.14. The van der Waals surface area contributed by atoms with Gasteiger partial charge in [0.15, 0.2) is 0 Å². The van der Waals surface area contributed by atoms with Gasteiger partial charge in [0.05, 0.1) is 5.60 Å². The van der Waals surface area contributed by atoms with E-state index >= 15 is 0 Å². The number of hydrogen-bond acceptors (Lipinski definition) is 2. The van der Waals surface area contributed by atoms with Crippen molar-refractivity contribution in [2.75, 3.05) is 13.2 Å². The normalized spacial score (nSPS) is 13.1. The van der Waals surface area contributed by atoms with Crippen LogP contribution in [0, 0.1) is 0 Å². The highest BCUT2D eigenvalue weighted by Gasteiger charge is 2.14. The average Bonchev–Trinajstić information content (AvgIpc) is 2.20. The molecule has 17 heavy (non-hydrogen) atoms. The minimum atomic E-state index is 0.0633. The van der Waals surface area contributed by atoms with Gasteiger partial charge in [-0.3, -0.25) is 0 Å². The first-order valence-electron chi connectivity index (χ1n) is 7.16. The second-order valence-electron chi connectivity index (χ2n) is 6.55. The first-order valence-corrected chi connectivity index (χ1v) is 7.16. The second-order valence-corrected chi connectivity index (χ2v) is 6.55. The van der Waals surface area contributed by atoms with Crippen LogP contribution in [-0.4, -0.2) is 24.3 Å². The fraction of sp³-hybridized carbons (Fsp3) is 1.00. The second kappa shape index (κ2) is 8.10. The smallest absolute Gasteiger partial charge is 0.0623 e. The summed E-state index contributed by atoms with van der Waals surface area (Å²) in [4.78, 5) is 0. The molecular weight excluding hydrogens is 210 g/mol. The molecule has 1 N–H and O–H groups in total. The fourth-order valence-electron chi connectivity index (χ4n) is 1.49. The molecular formula is C15H33NO. The Morgan fingerprint density at radius 1 is 0.882 bits per heavy atom. The first-order chi connectivity index (χ1) is 7.77. The Morgan fingerprint density at radius 3 is 2.00 bits per heavy atom. The van der Waals surface area contributed by atoms with Crippen LogP contribution in [0.2, 0.25) is 0 Å². The third-order valence-electron chi connectivity index (χ3n) is 3.07. The molecule has 0 atom stereocenters. The Morgan fingerprint density at radius 2 is 1.47 bits per heavy atom. The van der Waals surface area contributed by atoms with Crippen LogP contribution >= 0.6 is 0 Å². The molecule has 104 valence electrons. The lowest BCUT2D eigenvalue weighted by atomic mass is 10.1. The highest BCUT2D eigenvalue weighted by atomic mass is 16.5. The van der Waals surface area contributed by atoms with Crippen molar-refractivity contribution in [2.24, 2.45) is 0 Å². The summed E-state index contributed by atoms with van der Waals surface area (Å²) in [5.41, 5.74) is 0.321. The lowest BCUT2D eigenvalue weighted by molar-refractivity contribution is -0.0216. The van der Waals surface area contributed by atoms with Crippen LogP contribution in [-0.2, 0) is 4.74 Å². The zero-order chi connectivity index (χ0) is 13.4. The van der Waals surface area contributed by atoms with Crippen LogP contribution in [0.5, 0.6) is 0 Å². The van der Waals surface area contributed by atoms with E-state index in [-0.39, 0.29) is 11.1 Å². The Hall–Kier alpha value is -0.0800. The van der Waals surface area contributed by atoms with Crippen LogP contribution in [0.1, 0.15) is 73.6 Å². The maximum Gasteiger partial charge on any atom is 0.0623 e. The number of ether oxygens (including phenoxy) is 1. The van der Waals surface area contributed by atoms with Crippen molar-refractivity contribution in [1.82, 2.24) is 5.32 Å². The van der Waals surface area contributed by atoms with Gasteiger partial charge in [0, 0.05) is 12.1 Å². The average molecular weight is 243 g/mol. The molecule has 0 aliphatic rings. The summed E-state index contributed by atoms with van der Waals surface area (Å²) in [6.07, 6.45) is 6.14. The number of rotatable bonds is 9. The van der Waals surface area contributed by atoms with Crippen molar-refractivity contribution in [2.45, 2.75) is 84.8 Å². The molecule has 2 nitrogen and oxygen atoms in total. The first kappa shape index (κ1) is 16.9. The summed E-state index contributed by atoms with van der Waals surface area (Å²) in [7, 11) is 0. The predicted molar refractivity (Wildman–Crippen MR) is 76.5 cm³/mol. The molecule has 0 aromatic carbocycles. The van der Waals surface area contributed by atoms with E-state index in [4.69, 9.17) is 4.74 Å². The highest BCUT2D eigenvalue weighted by molar-refractivity contribution is 4.69. The quantitative estimate of drug-likeness (QED) is 0.615. The van der Waals surface area contributed by atoms with Gasteiger partial charge < -0.3 is 10.1 Å². The van der Waals surface area contributed by atoms with Crippen LogP contribution in [0.4, 0.5) is 0 Å². The third-order valence-corrected chi connectivity index (χ3v) is 3.07. The Balaban J connectivity index is 3.25. The minimum absolute atomic E-state index is 0.0633. The van der Waals surface area contributed by atoms with Gasteiger partial charge >= 0.3 is 0 Å². The van der Waals surface area contributed by atoms with E-state index in [1.54, 1.807) is 0 Å². The molecule has 0 unspecified atom stereocenters. The summed E-state index contributed by atoms with van der Waals surface area (Å²) in [6.45, 7) is 15.2. The summed E-state index contributed by atoms with van der Waals surface area (Å²) in [5.74, 6) is 0. The molecule has 0 aromatic rings. The van der Waals surface area contributed by atoms with Gasteiger partial charge in [-0.2, -0.15) is 0 Å². The van der Waals surface area contributed by atoms with Gasteiger partial charge in [-0.05, 0) is 60.4 Å². The molecule has 0 spiro atoms. The fourth-order valence-corrected chi connectivity index (χ4v) is 1.49. The minimum Gasteiger partial charge on any atom is -0.376 e. The zero-order valence-electron chi connectivity index (χ0n) is 12.9. The molecule has 0 amide bonds. The lowest BCUT2D eigenvalue weighted by Gasteiger charge is -2.23. The van der Waals surface area contributed by atoms with Crippen LogP contribution < -0.4 is 5.32 Å². The van der Waals surface area contributed by atoms with E-state index in [1.807, 2.05) is 0 Å². The van der Waals surface area contributed by atoms with E-state index in [9.17, 15) is 0 Å². The standard InChI is InChI=1S/C15H33NO/c1-7-15(5,6)17-13-11-9-8-10-12-16-14(2,3)4/h16H,7-13H2,1-6H3. The van der Waals surface area contributed by atoms with Crippen molar-refractivity contribution in [3.05, 3.63) is 0 Å². The molecule has 0 fully saturated rings. The summed E-state index contributed by atoms with van der Waals surface area (Å²) in [5, 5.41) is 3.51. The van der Waals surface area contributed by atoms with Crippen molar-refractivity contribution in [3.8, 4) is 0 Å². The largest absolute Gasteiger partial charge is 0.376 e. The SMILES string of the molecule is CCC(C)(C)OCCCCCCNC(C)(C)C. The van der Waals surface area contributed by atoms with Gasteiger partial charge in [0.25, 0.3) is 0 Å². The topological polar surface area (TPSA) is 21.3 Å². The maximum absolute atomic E-state index is 5.82. The lowest BCUT2D eigenvalue weighted by Crippen LogP contribution is -2.36. The summed E-state index contributed by atoms with van der Waals surface area (Å²) >= 11 is 0. The Labute approximate surface area is 109 Å². The van der Waals surface area contributed by atoms with Gasteiger partial charge in [-0.25, -0.2) is 0 Å². The zero-order valence-corrected chi connectivity index (χ0v) is 12.9. The van der Waals surface area contributed by atoms with E-state index in [2.05, 4.69) is 46.9 Å². The van der Waals surface area contributed by atoms with Crippen LogP contribution in [0.3, 0.4) is 0 Å². The maximum atomic E-state index is 5.82. The predicted octanol–water partition coefficient (Wildman–Crippen LogP) is 4.14. The van der Waals surface area contributed by atoms with Crippen LogP contribution in [0.15, 0.2) is 0 Å². The van der Waals surface area contributed by atoms with Crippen molar-refractivity contribution >= 4 is 0 Å². The Bertz CT molecular complexity index is 182. The number of nitrogens with one attached hydrogen (secondary N) is 1. The molecule has 0 radical (unpaired) electrons. The molecule has 0 rings (SSSR count). The van der Waals surface area contributed by atoms with Gasteiger partial charge in [0.2, 0.25) is 0 Å². The van der Waals surface area contributed by atoms with Crippen molar-refractivity contribution in [3.63, 3.8) is 0 Å². The number of unbranched alkanes of at least 4 members (excludes halogenated alkanes) is 3. The van der Waals surface area contributed by atoms with Crippen LogP contribution in [0.25, 0.3) is 0 Å². The third kappa shape index (κ3) is 12.2.